The Morgan fingerprint density at radius 1 is 0.914 bits per heavy atom. The van der Waals surface area contributed by atoms with Crippen LogP contribution in [0.5, 0.6) is 0 Å². The van der Waals surface area contributed by atoms with Gasteiger partial charge in [-0.1, -0.05) is 114 Å². The van der Waals surface area contributed by atoms with E-state index >= 15 is 9.59 Å². The smallest absolute Gasteiger partial charge is 0.338 e. The summed E-state index contributed by atoms with van der Waals surface area (Å²) in [5.74, 6) is -4.34. The topological polar surface area (TPSA) is 141 Å². The summed E-state index contributed by atoms with van der Waals surface area (Å²) in [4.78, 5) is 76.8. The SMILES string of the molecule is CCOC(=O)C1=C(C)N=c2s/c(=C/C34c5ccccc5C(c5ccccc53)[C@@H]3C(=O)N(c5ccc(Cl)cc5[N+](=O)[O-])C(=O)[C@@H]34)c(=O)n2[C@@H]1c1cccc2ccccc12. The van der Waals surface area contributed by atoms with E-state index in [0.717, 1.165) is 55.3 Å². The molecule has 5 aliphatic rings. The summed E-state index contributed by atoms with van der Waals surface area (Å²) >= 11 is 7.32. The molecule has 0 saturated carbocycles. The summed E-state index contributed by atoms with van der Waals surface area (Å²) in [6.07, 6.45) is 1.80. The Morgan fingerprint density at radius 2 is 1.57 bits per heavy atom. The Balaban J connectivity index is 1.26. The fourth-order valence-electron chi connectivity index (χ4n) is 9.93. The van der Waals surface area contributed by atoms with Gasteiger partial charge >= 0.3 is 5.97 Å². The number of benzene rings is 5. The fraction of sp³-hybridized carbons (Fsp3) is 0.178. The molecule has 0 N–H and O–H groups in total. The van der Waals surface area contributed by atoms with Gasteiger partial charge in [0.1, 0.15) is 5.69 Å². The number of amides is 2. The molecule has 3 heterocycles. The van der Waals surface area contributed by atoms with Crippen LogP contribution in [0.1, 0.15) is 53.6 Å². The maximum Gasteiger partial charge on any atom is 0.338 e. The number of carbonyl (C=O) groups excluding carboxylic acids is 3. The first kappa shape index (κ1) is 35.9. The number of rotatable bonds is 6. The number of fused-ring (bicyclic) bond motifs is 2. The highest BCUT2D eigenvalue weighted by Gasteiger charge is 2.68. The zero-order valence-corrected chi connectivity index (χ0v) is 32.5. The van der Waals surface area contributed by atoms with Crippen LogP contribution in [0.3, 0.4) is 0 Å². The van der Waals surface area contributed by atoms with Gasteiger partial charge in [-0.15, -0.1) is 0 Å². The van der Waals surface area contributed by atoms with E-state index in [1.165, 1.54) is 16.7 Å². The summed E-state index contributed by atoms with van der Waals surface area (Å²) in [6.45, 7) is 3.57. The van der Waals surface area contributed by atoms with Crippen molar-refractivity contribution in [2.75, 3.05) is 11.5 Å². The molecule has 0 spiro atoms. The number of anilines is 1. The first-order valence-electron chi connectivity index (χ1n) is 18.8. The quantitative estimate of drug-likeness (QED) is 0.0788. The molecule has 13 heteroatoms. The van der Waals surface area contributed by atoms with Gasteiger partial charge in [-0.3, -0.25) is 29.1 Å². The van der Waals surface area contributed by atoms with Gasteiger partial charge < -0.3 is 4.74 Å². The highest BCUT2D eigenvalue weighted by molar-refractivity contribution is 7.07. The third kappa shape index (κ3) is 4.82. The summed E-state index contributed by atoms with van der Waals surface area (Å²) in [7, 11) is 0. The molecule has 3 aliphatic carbocycles. The van der Waals surface area contributed by atoms with Crippen LogP contribution in [0.15, 0.2) is 130 Å². The van der Waals surface area contributed by atoms with E-state index in [0.29, 0.717) is 16.1 Å². The lowest BCUT2D eigenvalue weighted by Crippen LogP contribution is -2.53. The van der Waals surface area contributed by atoms with Crippen LogP contribution in [-0.4, -0.2) is 33.9 Å². The molecule has 5 aromatic carbocycles. The molecular formula is C45H31ClN4O7S. The third-order valence-electron chi connectivity index (χ3n) is 12.1. The summed E-state index contributed by atoms with van der Waals surface area (Å²) in [6, 6.07) is 31.7. The van der Waals surface area contributed by atoms with E-state index in [1.807, 2.05) is 91.0 Å². The average Bonchev–Trinajstić information content (AvgIpc) is 3.67. The van der Waals surface area contributed by atoms with Crippen molar-refractivity contribution in [2.24, 2.45) is 16.8 Å². The predicted molar refractivity (Wildman–Crippen MR) is 218 cm³/mol. The number of hydrogen-bond acceptors (Lipinski definition) is 9. The first-order chi connectivity index (χ1) is 28.1. The van der Waals surface area contributed by atoms with Crippen LogP contribution in [-0.2, 0) is 24.5 Å². The molecule has 2 amide bonds. The van der Waals surface area contributed by atoms with E-state index in [9.17, 15) is 19.7 Å². The molecule has 0 unspecified atom stereocenters. The van der Waals surface area contributed by atoms with Crippen LogP contribution in [0, 0.1) is 22.0 Å². The number of carbonyl (C=O) groups is 3. The lowest BCUT2D eigenvalue weighted by Gasteiger charge is -2.53. The Hall–Kier alpha value is -6.50. The molecule has 6 aromatic rings. The minimum Gasteiger partial charge on any atom is -0.463 e. The Labute approximate surface area is 338 Å². The Bertz CT molecular complexity index is 3030. The predicted octanol–water partition coefficient (Wildman–Crippen LogP) is 6.72. The molecule has 2 aliphatic heterocycles. The molecule has 58 heavy (non-hydrogen) atoms. The maximum absolute atomic E-state index is 15.3. The molecule has 1 aromatic heterocycles. The van der Waals surface area contributed by atoms with Crippen LogP contribution >= 0.6 is 22.9 Å². The van der Waals surface area contributed by atoms with E-state index in [4.69, 9.17) is 21.3 Å². The molecule has 11 nitrogen and oxygen atoms in total. The van der Waals surface area contributed by atoms with E-state index in [2.05, 4.69) is 0 Å². The number of nitro groups is 1. The first-order valence-corrected chi connectivity index (χ1v) is 19.9. The molecule has 11 rings (SSSR count). The zero-order valence-electron chi connectivity index (χ0n) is 30.9. The van der Waals surface area contributed by atoms with Gasteiger partial charge in [0.25, 0.3) is 11.2 Å². The van der Waals surface area contributed by atoms with E-state index in [-0.39, 0.29) is 27.4 Å². The number of hydrogen-bond donors (Lipinski definition) is 0. The lowest BCUT2D eigenvalue weighted by molar-refractivity contribution is -0.384. The molecule has 286 valence electrons. The second kappa shape index (κ2) is 13.0. The largest absolute Gasteiger partial charge is 0.463 e. The zero-order chi connectivity index (χ0) is 40.2. The van der Waals surface area contributed by atoms with Crippen molar-refractivity contribution in [2.45, 2.75) is 31.2 Å². The number of thiazole rings is 1. The summed E-state index contributed by atoms with van der Waals surface area (Å²) in [5.41, 5.74) is 2.08. The van der Waals surface area contributed by atoms with Crippen LogP contribution in [0.2, 0.25) is 5.02 Å². The van der Waals surface area contributed by atoms with Crippen LogP contribution < -0.4 is 19.8 Å². The van der Waals surface area contributed by atoms with E-state index < -0.39 is 63.2 Å². The van der Waals surface area contributed by atoms with Crippen molar-refractivity contribution in [3.05, 3.63) is 183 Å². The normalized spacial score (nSPS) is 23.0. The molecule has 2 bridgehead atoms. The van der Waals surface area contributed by atoms with Crippen molar-refractivity contribution >= 4 is 68.9 Å². The van der Waals surface area contributed by atoms with Gasteiger partial charge in [-0.2, -0.15) is 0 Å². The Morgan fingerprint density at radius 3 is 2.28 bits per heavy atom. The number of allylic oxidation sites excluding steroid dienone is 1. The molecule has 1 fully saturated rings. The number of esters is 1. The number of aromatic nitrogens is 1. The number of nitro benzene ring substituents is 1. The summed E-state index contributed by atoms with van der Waals surface area (Å²) < 4.78 is 7.34. The second-order valence-electron chi connectivity index (χ2n) is 14.8. The van der Waals surface area contributed by atoms with Gasteiger partial charge in [-0.25, -0.2) is 14.7 Å². The molecule has 1 saturated heterocycles. The summed E-state index contributed by atoms with van der Waals surface area (Å²) in [5, 5.41) is 14.2. The minimum atomic E-state index is -1.37. The molecular weight excluding hydrogens is 776 g/mol. The highest BCUT2D eigenvalue weighted by Crippen LogP contribution is 2.65. The van der Waals surface area contributed by atoms with Gasteiger partial charge in [0, 0.05) is 17.0 Å². The minimum absolute atomic E-state index is 0.0850. The maximum atomic E-state index is 15.3. The number of nitrogens with zero attached hydrogens (tertiary/aromatic N) is 4. The monoisotopic (exact) mass is 806 g/mol. The fourth-order valence-corrected chi connectivity index (χ4v) is 11.2. The van der Waals surface area contributed by atoms with E-state index in [1.54, 1.807) is 19.9 Å². The van der Waals surface area contributed by atoms with Crippen LogP contribution in [0.4, 0.5) is 11.4 Å². The van der Waals surface area contributed by atoms with Crippen molar-refractivity contribution in [3.63, 3.8) is 0 Å². The van der Waals surface area contributed by atoms with Gasteiger partial charge in [0.15, 0.2) is 4.80 Å². The molecule has 3 atom stereocenters. The van der Waals surface area contributed by atoms with Crippen molar-refractivity contribution < 1.29 is 24.0 Å². The van der Waals surface area contributed by atoms with Gasteiger partial charge in [-0.05, 0) is 70.6 Å². The number of ether oxygens (including phenoxy) is 1. The average molecular weight is 807 g/mol. The van der Waals surface area contributed by atoms with Crippen molar-refractivity contribution in [3.8, 4) is 0 Å². The van der Waals surface area contributed by atoms with Crippen molar-refractivity contribution in [1.82, 2.24) is 4.57 Å². The van der Waals surface area contributed by atoms with Gasteiger partial charge in [0.05, 0.1) is 50.6 Å². The number of imide groups is 1. The van der Waals surface area contributed by atoms with Crippen molar-refractivity contribution in [1.29, 1.82) is 0 Å². The third-order valence-corrected chi connectivity index (χ3v) is 13.3. The lowest BCUT2D eigenvalue weighted by atomic mass is 9.47. The highest BCUT2D eigenvalue weighted by atomic mass is 35.5. The molecule has 0 radical (unpaired) electrons. The Kier molecular flexibility index (Phi) is 8.05. The second-order valence-corrected chi connectivity index (χ2v) is 16.2. The van der Waals surface area contributed by atoms with Gasteiger partial charge in [0.2, 0.25) is 11.8 Å². The number of halogens is 1. The standard InChI is InChI=1S/C45H31ClN4O7S/c1-3-57-43(54)35-23(2)47-44-49(39(35)27-16-10-12-24-11-4-5-13-26(24)27)40(51)34(58-44)22-45-30-17-8-6-14-28(30)36(29-15-7-9-18-31(29)45)37-38(45)42(53)48(41(37)52)32-20-19-25(46)21-33(32)50(55)56/h4-22,36-39H,3H2,1-2H3/b34-22+/t36?,37-,38+,39+,45?/m0/s1. The van der Waals surface area contributed by atoms with Crippen LogP contribution in [0.25, 0.3) is 16.8 Å².